The Balaban J connectivity index is 2.03. The minimum absolute atomic E-state index is 0.0670. The lowest BCUT2D eigenvalue weighted by molar-refractivity contribution is -0.115. The van der Waals surface area contributed by atoms with Crippen molar-refractivity contribution in [3.63, 3.8) is 0 Å². The molecule has 126 valence electrons. The van der Waals surface area contributed by atoms with Crippen LogP contribution in [0, 0.1) is 13.8 Å². The lowest BCUT2D eigenvalue weighted by Crippen LogP contribution is -2.06. The fourth-order valence-electron chi connectivity index (χ4n) is 2.13. The summed E-state index contributed by atoms with van der Waals surface area (Å²) < 4.78 is 0. The zero-order chi connectivity index (χ0) is 17.7. The Hall–Kier alpha value is -1.92. The molecule has 0 bridgehead atoms. The Labute approximate surface area is 150 Å². The van der Waals surface area contributed by atoms with E-state index < -0.39 is 0 Å². The second-order valence-corrected chi connectivity index (χ2v) is 7.76. The average Bonchev–Trinajstić information content (AvgIpc) is 2.49. The zero-order valence-electron chi connectivity index (χ0n) is 14.1. The number of anilines is 2. The highest BCUT2D eigenvalue weighted by Crippen LogP contribution is 2.39. The summed E-state index contributed by atoms with van der Waals surface area (Å²) in [5, 5.41) is 5.63. The van der Waals surface area contributed by atoms with Gasteiger partial charge in [-0.05, 0) is 61.4 Å². The van der Waals surface area contributed by atoms with Crippen LogP contribution in [0.2, 0.25) is 0 Å². The molecule has 6 heteroatoms. The SMILES string of the molecule is CC(=O)Nc1ccc(SSc2ccc(NC(C)=O)c(C)c2)cc1C. The second kappa shape index (κ2) is 8.26. The van der Waals surface area contributed by atoms with Crippen molar-refractivity contribution in [3.05, 3.63) is 47.5 Å². The van der Waals surface area contributed by atoms with Gasteiger partial charge in [-0.2, -0.15) is 0 Å². The molecule has 0 aliphatic heterocycles. The van der Waals surface area contributed by atoms with Gasteiger partial charge in [0.15, 0.2) is 0 Å². The molecule has 0 aliphatic carbocycles. The van der Waals surface area contributed by atoms with E-state index in [1.54, 1.807) is 21.6 Å². The minimum atomic E-state index is -0.0670. The van der Waals surface area contributed by atoms with Gasteiger partial charge in [-0.15, -0.1) is 0 Å². The number of rotatable bonds is 5. The Bertz CT molecular complexity index is 710. The van der Waals surface area contributed by atoms with E-state index in [-0.39, 0.29) is 11.8 Å². The first-order valence-electron chi connectivity index (χ1n) is 7.46. The molecular weight excluding hydrogens is 340 g/mol. The van der Waals surface area contributed by atoms with Crippen LogP contribution in [-0.4, -0.2) is 11.8 Å². The van der Waals surface area contributed by atoms with E-state index in [1.807, 2.05) is 38.1 Å². The van der Waals surface area contributed by atoms with Gasteiger partial charge in [-0.1, -0.05) is 21.6 Å². The van der Waals surface area contributed by atoms with Crippen LogP contribution in [0.3, 0.4) is 0 Å². The fraction of sp³-hybridized carbons (Fsp3) is 0.222. The molecule has 2 N–H and O–H groups in total. The van der Waals surface area contributed by atoms with Crippen molar-refractivity contribution >= 4 is 44.8 Å². The Morgan fingerprint density at radius 1 is 0.750 bits per heavy atom. The van der Waals surface area contributed by atoms with Crippen LogP contribution < -0.4 is 10.6 Å². The molecule has 0 aliphatic rings. The minimum Gasteiger partial charge on any atom is -0.326 e. The third-order valence-electron chi connectivity index (χ3n) is 3.25. The maximum Gasteiger partial charge on any atom is 0.221 e. The van der Waals surface area contributed by atoms with E-state index >= 15 is 0 Å². The van der Waals surface area contributed by atoms with Crippen LogP contribution in [0.4, 0.5) is 11.4 Å². The molecule has 2 aromatic carbocycles. The van der Waals surface area contributed by atoms with Crippen LogP contribution in [0.1, 0.15) is 25.0 Å². The van der Waals surface area contributed by atoms with E-state index in [0.29, 0.717) is 0 Å². The quantitative estimate of drug-likeness (QED) is 0.735. The summed E-state index contributed by atoms with van der Waals surface area (Å²) in [5.41, 5.74) is 3.75. The van der Waals surface area contributed by atoms with E-state index in [2.05, 4.69) is 22.8 Å². The van der Waals surface area contributed by atoms with E-state index in [9.17, 15) is 9.59 Å². The van der Waals surface area contributed by atoms with Crippen molar-refractivity contribution in [2.45, 2.75) is 37.5 Å². The molecule has 0 atom stereocenters. The van der Waals surface area contributed by atoms with Crippen LogP contribution in [0.25, 0.3) is 0 Å². The highest BCUT2D eigenvalue weighted by molar-refractivity contribution is 8.76. The highest BCUT2D eigenvalue weighted by Gasteiger charge is 2.05. The molecular formula is C18H20N2O2S2. The summed E-state index contributed by atoms with van der Waals surface area (Å²) in [6.07, 6.45) is 0. The number of amides is 2. The first kappa shape index (κ1) is 18.4. The monoisotopic (exact) mass is 360 g/mol. The second-order valence-electron chi connectivity index (χ2n) is 5.48. The van der Waals surface area contributed by atoms with Crippen molar-refractivity contribution in [2.24, 2.45) is 0 Å². The van der Waals surface area contributed by atoms with Gasteiger partial charge in [0.2, 0.25) is 11.8 Å². The molecule has 2 rings (SSSR count). The lowest BCUT2D eigenvalue weighted by atomic mass is 10.2. The van der Waals surface area contributed by atoms with Gasteiger partial charge in [0.25, 0.3) is 0 Å². The van der Waals surface area contributed by atoms with Crippen LogP contribution in [0.15, 0.2) is 46.2 Å². The molecule has 0 saturated carbocycles. The van der Waals surface area contributed by atoms with Gasteiger partial charge in [0.1, 0.15) is 0 Å². The number of carbonyl (C=O) groups is 2. The molecule has 2 amide bonds. The number of nitrogens with one attached hydrogen (secondary N) is 2. The molecule has 0 fully saturated rings. The van der Waals surface area contributed by atoms with Crippen molar-refractivity contribution < 1.29 is 9.59 Å². The smallest absolute Gasteiger partial charge is 0.221 e. The first-order valence-corrected chi connectivity index (χ1v) is 9.61. The third kappa shape index (κ3) is 5.32. The van der Waals surface area contributed by atoms with Crippen molar-refractivity contribution in [1.29, 1.82) is 0 Å². The molecule has 4 nitrogen and oxygen atoms in total. The van der Waals surface area contributed by atoms with Crippen molar-refractivity contribution in [3.8, 4) is 0 Å². The molecule has 2 aromatic rings. The summed E-state index contributed by atoms with van der Waals surface area (Å²) in [7, 11) is 3.32. The van der Waals surface area contributed by atoms with Crippen LogP contribution >= 0.6 is 21.6 Å². The molecule has 0 aromatic heterocycles. The van der Waals surface area contributed by atoms with E-state index in [0.717, 1.165) is 32.3 Å². The number of benzene rings is 2. The van der Waals surface area contributed by atoms with Gasteiger partial charge in [0, 0.05) is 35.0 Å². The van der Waals surface area contributed by atoms with Crippen molar-refractivity contribution in [1.82, 2.24) is 0 Å². The molecule has 0 radical (unpaired) electrons. The topological polar surface area (TPSA) is 58.2 Å². The number of hydrogen-bond donors (Lipinski definition) is 2. The highest BCUT2D eigenvalue weighted by atomic mass is 33.1. The van der Waals surface area contributed by atoms with Crippen LogP contribution in [0.5, 0.6) is 0 Å². The standard InChI is InChI=1S/C18H20N2O2S2/c1-11-9-15(5-7-17(11)19-13(3)21)23-24-16-6-8-18(12(2)10-16)20-14(4)22/h5-10H,1-4H3,(H,19,21)(H,20,22). The molecule has 0 spiro atoms. The van der Waals surface area contributed by atoms with Gasteiger partial charge in [-0.25, -0.2) is 0 Å². The molecule has 0 saturated heterocycles. The van der Waals surface area contributed by atoms with Crippen LogP contribution in [-0.2, 0) is 9.59 Å². The Morgan fingerprint density at radius 3 is 1.42 bits per heavy atom. The predicted molar refractivity (Wildman–Crippen MR) is 103 cm³/mol. The number of carbonyl (C=O) groups excluding carboxylic acids is 2. The molecule has 0 unspecified atom stereocenters. The first-order chi connectivity index (χ1) is 11.3. The largest absolute Gasteiger partial charge is 0.326 e. The number of hydrogen-bond acceptors (Lipinski definition) is 4. The lowest BCUT2D eigenvalue weighted by Gasteiger charge is -2.10. The van der Waals surface area contributed by atoms with E-state index in [1.165, 1.54) is 13.8 Å². The maximum absolute atomic E-state index is 11.1. The van der Waals surface area contributed by atoms with Crippen molar-refractivity contribution in [2.75, 3.05) is 10.6 Å². The summed E-state index contributed by atoms with van der Waals surface area (Å²) in [5.74, 6) is -0.134. The zero-order valence-corrected chi connectivity index (χ0v) is 15.7. The molecule has 24 heavy (non-hydrogen) atoms. The van der Waals surface area contributed by atoms with Gasteiger partial charge >= 0.3 is 0 Å². The van der Waals surface area contributed by atoms with E-state index in [4.69, 9.17) is 0 Å². The summed E-state index contributed by atoms with van der Waals surface area (Å²) in [4.78, 5) is 24.5. The average molecular weight is 361 g/mol. The maximum atomic E-state index is 11.1. The Kier molecular flexibility index (Phi) is 6.34. The summed E-state index contributed by atoms with van der Waals surface area (Å²) in [6.45, 7) is 6.97. The number of aryl methyl sites for hydroxylation is 2. The fourth-order valence-corrected chi connectivity index (χ4v) is 4.22. The molecule has 0 heterocycles. The summed E-state index contributed by atoms with van der Waals surface area (Å²) in [6, 6.07) is 11.9. The summed E-state index contributed by atoms with van der Waals surface area (Å²) >= 11 is 0. The normalized spacial score (nSPS) is 10.3. The Morgan fingerprint density at radius 2 is 1.12 bits per heavy atom. The van der Waals surface area contributed by atoms with Gasteiger partial charge in [-0.3, -0.25) is 9.59 Å². The van der Waals surface area contributed by atoms with Gasteiger partial charge < -0.3 is 10.6 Å². The van der Waals surface area contributed by atoms with Gasteiger partial charge in [0.05, 0.1) is 0 Å². The third-order valence-corrected chi connectivity index (χ3v) is 5.63. The predicted octanol–water partition coefficient (Wildman–Crippen LogP) is 5.02.